The molecule has 0 saturated heterocycles. The van der Waals surface area contributed by atoms with Gasteiger partial charge in [-0.15, -0.1) is 13.2 Å². The maximum Gasteiger partial charge on any atom is 0.573 e. The van der Waals surface area contributed by atoms with Crippen molar-refractivity contribution in [3.8, 4) is 11.8 Å². The summed E-state index contributed by atoms with van der Waals surface area (Å²) in [5.41, 5.74) is 0.422. The third kappa shape index (κ3) is 5.60. The number of hydrogen-bond acceptors (Lipinski definition) is 3. The Labute approximate surface area is 149 Å². The van der Waals surface area contributed by atoms with Crippen LogP contribution in [-0.2, 0) is 4.74 Å². The molecule has 0 bridgehead atoms. The van der Waals surface area contributed by atoms with Crippen molar-refractivity contribution >= 4 is 0 Å². The van der Waals surface area contributed by atoms with Gasteiger partial charge in [0.1, 0.15) is 11.8 Å². The van der Waals surface area contributed by atoms with E-state index in [9.17, 15) is 17.6 Å². The summed E-state index contributed by atoms with van der Waals surface area (Å²) in [4.78, 5) is 0. The molecule has 0 spiro atoms. The first-order chi connectivity index (χ1) is 12.3. The van der Waals surface area contributed by atoms with Crippen molar-refractivity contribution in [1.82, 2.24) is 0 Å². The highest BCUT2D eigenvalue weighted by atomic mass is 19.4. The van der Waals surface area contributed by atoms with Crippen LogP contribution in [-0.4, -0.2) is 19.1 Å². The van der Waals surface area contributed by atoms with E-state index < -0.39 is 17.8 Å². The van der Waals surface area contributed by atoms with E-state index in [0.29, 0.717) is 12.8 Å². The van der Waals surface area contributed by atoms with Gasteiger partial charge in [0.2, 0.25) is 0 Å². The van der Waals surface area contributed by atoms with Gasteiger partial charge < -0.3 is 9.47 Å². The van der Waals surface area contributed by atoms with E-state index in [4.69, 9.17) is 10.00 Å². The van der Waals surface area contributed by atoms with Gasteiger partial charge in [-0.05, 0) is 55.4 Å². The second kappa shape index (κ2) is 8.37. The molecule has 1 aliphatic rings. The molecule has 1 fully saturated rings. The second-order valence-corrected chi connectivity index (χ2v) is 6.15. The fourth-order valence-corrected chi connectivity index (χ4v) is 3.17. The smallest absolute Gasteiger partial charge is 0.406 e. The van der Waals surface area contributed by atoms with Crippen molar-refractivity contribution < 1.29 is 27.0 Å². The maximum atomic E-state index is 12.9. The molecular weight excluding hydrogens is 350 g/mol. The van der Waals surface area contributed by atoms with Gasteiger partial charge >= 0.3 is 6.36 Å². The summed E-state index contributed by atoms with van der Waals surface area (Å²) in [6.07, 6.45) is 2.56. The predicted octanol–water partition coefficient (Wildman–Crippen LogP) is 5.56. The molecule has 1 saturated carbocycles. The molecule has 0 atom stereocenters. The van der Waals surface area contributed by atoms with Crippen molar-refractivity contribution in [3.05, 3.63) is 53.9 Å². The Bertz CT molecular complexity index is 694. The van der Waals surface area contributed by atoms with E-state index in [0.717, 1.165) is 24.5 Å². The SMILES string of the molecule is COC1(C=CC=C(F)C#N)CCC(c2ccc(OC(F)(F)F)cc2)CC1. The van der Waals surface area contributed by atoms with Crippen LogP contribution in [0, 0.1) is 11.3 Å². The molecule has 26 heavy (non-hydrogen) atoms. The molecule has 3 nitrogen and oxygen atoms in total. The predicted molar refractivity (Wildman–Crippen MR) is 88.0 cm³/mol. The van der Waals surface area contributed by atoms with Crippen LogP contribution in [0.25, 0.3) is 0 Å². The number of benzene rings is 1. The third-order valence-corrected chi connectivity index (χ3v) is 4.57. The highest BCUT2D eigenvalue weighted by Gasteiger charge is 2.34. The molecular formula is C19H19F4NO2. The number of allylic oxidation sites excluding steroid dienone is 3. The summed E-state index contributed by atoms with van der Waals surface area (Å²) in [5, 5.41) is 8.41. The fourth-order valence-electron chi connectivity index (χ4n) is 3.17. The van der Waals surface area contributed by atoms with Gasteiger partial charge in [0.05, 0.1) is 5.60 Å². The maximum absolute atomic E-state index is 12.9. The largest absolute Gasteiger partial charge is 0.573 e. The number of rotatable bonds is 5. The van der Waals surface area contributed by atoms with Crippen LogP contribution < -0.4 is 4.74 Å². The molecule has 2 rings (SSSR count). The molecule has 1 aromatic carbocycles. The number of hydrogen-bond donors (Lipinski definition) is 0. The van der Waals surface area contributed by atoms with Crippen LogP contribution in [0.4, 0.5) is 17.6 Å². The van der Waals surface area contributed by atoms with Gasteiger partial charge in [-0.2, -0.15) is 9.65 Å². The second-order valence-electron chi connectivity index (χ2n) is 6.15. The Kier molecular flexibility index (Phi) is 6.43. The summed E-state index contributed by atoms with van der Waals surface area (Å²) in [6, 6.07) is 7.32. The van der Waals surface area contributed by atoms with Crippen molar-refractivity contribution in [2.45, 2.75) is 43.6 Å². The molecule has 0 radical (unpaired) electrons. The number of methoxy groups -OCH3 is 1. The Morgan fingerprint density at radius 3 is 2.35 bits per heavy atom. The normalized spacial score (nSPS) is 24.5. The van der Waals surface area contributed by atoms with E-state index in [-0.39, 0.29) is 11.7 Å². The average molecular weight is 369 g/mol. The Morgan fingerprint density at radius 2 is 1.85 bits per heavy atom. The lowest BCUT2D eigenvalue weighted by atomic mass is 9.76. The Balaban J connectivity index is 1.99. The summed E-state index contributed by atoms with van der Waals surface area (Å²) in [6.45, 7) is 0. The van der Waals surface area contributed by atoms with Crippen molar-refractivity contribution in [3.63, 3.8) is 0 Å². The van der Waals surface area contributed by atoms with Crippen LogP contribution >= 0.6 is 0 Å². The minimum Gasteiger partial charge on any atom is -0.406 e. The molecule has 0 N–H and O–H groups in total. The fraction of sp³-hybridized carbons (Fsp3) is 0.421. The Morgan fingerprint density at radius 1 is 1.23 bits per heavy atom. The zero-order valence-electron chi connectivity index (χ0n) is 14.2. The van der Waals surface area contributed by atoms with Crippen LogP contribution in [0.1, 0.15) is 37.2 Å². The number of alkyl halides is 3. The van der Waals surface area contributed by atoms with Gasteiger partial charge in [0.15, 0.2) is 5.83 Å². The lowest BCUT2D eigenvalue weighted by Gasteiger charge is -2.37. The quantitative estimate of drug-likeness (QED) is 0.388. The van der Waals surface area contributed by atoms with Crippen LogP contribution in [0.3, 0.4) is 0 Å². The third-order valence-electron chi connectivity index (χ3n) is 4.57. The first-order valence-corrected chi connectivity index (χ1v) is 8.13. The van der Waals surface area contributed by atoms with Crippen LogP contribution in [0.5, 0.6) is 5.75 Å². The Hall–Kier alpha value is -2.33. The van der Waals surface area contributed by atoms with Crippen LogP contribution in [0.2, 0.25) is 0 Å². The van der Waals surface area contributed by atoms with E-state index in [2.05, 4.69) is 4.74 Å². The topological polar surface area (TPSA) is 42.2 Å². The van der Waals surface area contributed by atoms with E-state index >= 15 is 0 Å². The molecule has 7 heteroatoms. The molecule has 0 unspecified atom stereocenters. The molecule has 1 aromatic rings. The van der Waals surface area contributed by atoms with Crippen LogP contribution in [0.15, 0.2) is 48.3 Å². The first-order valence-electron chi connectivity index (χ1n) is 8.13. The monoisotopic (exact) mass is 369 g/mol. The van der Waals surface area contributed by atoms with E-state index in [1.807, 2.05) is 0 Å². The molecule has 140 valence electrons. The average Bonchev–Trinajstić information content (AvgIpc) is 2.61. The number of nitrogens with zero attached hydrogens (tertiary/aromatic N) is 1. The highest BCUT2D eigenvalue weighted by molar-refractivity contribution is 5.30. The summed E-state index contributed by atoms with van der Waals surface area (Å²) < 4.78 is 58.9. The van der Waals surface area contributed by atoms with Gasteiger partial charge in [-0.25, -0.2) is 0 Å². The van der Waals surface area contributed by atoms with Crippen molar-refractivity contribution in [1.29, 1.82) is 5.26 Å². The number of nitriles is 1. The standard InChI is InChI=1S/C19H19F4NO2/c1-25-18(10-2-3-16(20)13-24)11-8-15(9-12-18)14-4-6-17(7-5-14)26-19(21,22)23/h2-7,10,15H,8-9,11-12H2,1H3. The van der Waals surface area contributed by atoms with Gasteiger partial charge in [0, 0.05) is 7.11 Å². The van der Waals surface area contributed by atoms with Gasteiger partial charge in [0.25, 0.3) is 0 Å². The zero-order valence-corrected chi connectivity index (χ0v) is 14.2. The van der Waals surface area contributed by atoms with E-state index in [1.165, 1.54) is 24.3 Å². The number of ether oxygens (including phenoxy) is 2. The lowest BCUT2D eigenvalue weighted by Crippen LogP contribution is -2.33. The lowest BCUT2D eigenvalue weighted by molar-refractivity contribution is -0.274. The minimum atomic E-state index is -4.70. The van der Waals surface area contributed by atoms with E-state index in [1.54, 1.807) is 25.3 Å². The minimum absolute atomic E-state index is 0.206. The zero-order chi connectivity index (χ0) is 19.2. The van der Waals surface area contributed by atoms with Crippen molar-refractivity contribution in [2.24, 2.45) is 0 Å². The molecule has 0 aliphatic heterocycles. The molecule has 0 amide bonds. The van der Waals surface area contributed by atoms with Gasteiger partial charge in [-0.3, -0.25) is 0 Å². The van der Waals surface area contributed by atoms with Gasteiger partial charge in [-0.1, -0.05) is 24.3 Å². The molecule has 0 heterocycles. The first kappa shape index (κ1) is 20.0. The summed E-state index contributed by atoms with van der Waals surface area (Å²) >= 11 is 0. The van der Waals surface area contributed by atoms with Crippen molar-refractivity contribution in [2.75, 3.05) is 7.11 Å². The number of halogens is 4. The molecule has 1 aliphatic carbocycles. The summed E-state index contributed by atoms with van der Waals surface area (Å²) in [7, 11) is 1.58. The molecule has 0 aromatic heterocycles. The summed E-state index contributed by atoms with van der Waals surface area (Å²) in [5.74, 6) is -0.905. The highest BCUT2D eigenvalue weighted by Crippen LogP contribution is 2.41.